The number of carbonyl (C=O) groups is 2. The highest BCUT2D eigenvalue weighted by Crippen LogP contribution is 2.19. The average molecular weight is 337 g/mol. The van der Waals surface area contributed by atoms with Gasteiger partial charge in [-0.05, 0) is 20.0 Å². The number of ether oxygens (including phenoxy) is 1. The number of furan rings is 1. The largest absolute Gasteiger partial charge is 0.465 e. The normalized spacial score (nSPS) is 10.8. The number of hydrogen-bond acceptors (Lipinski definition) is 7. The van der Waals surface area contributed by atoms with E-state index in [2.05, 4.69) is 10.3 Å². The lowest BCUT2D eigenvalue weighted by atomic mass is 10.2. The highest BCUT2D eigenvalue weighted by Gasteiger charge is 2.16. The molecule has 1 amide bonds. The SMILES string of the molecule is COC(=O)c1cc(CN(C)Cc2csc(NC(C)=O)n2)oc1C. The predicted molar refractivity (Wildman–Crippen MR) is 86.4 cm³/mol. The molecule has 0 unspecified atom stereocenters. The van der Waals surface area contributed by atoms with Crippen molar-refractivity contribution >= 4 is 28.3 Å². The Balaban J connectivity index is 1.97. The first-order valence-corrected chi connectivity index (χ1v) is 7.85. The molecule has 2 heterocycles. The molecule has 0 fully saturated rings. The fourth-order valence-corrected chi connectivity index (χ4v) is 2.87. The van der Waals surface area contributed by atoms with E-state index >= 15 is 0 Å². The van der Waals surface area contributed by atoms with E-state index in [-0.39, 0.29) is 5.91 Å². The van der Waals surface area contributed by atoms with E-state index in [0.29, 0.717) is 35.3 Å². The minimum absolute atomic E-state index is 0.138. The van der Waals surface area contributed by atoms with Gasteiger partial charge in [0.15, 0.2) is 5.13 Å². The molecule has 0 aliphatic rings. The smallest absolute Gasteiger partial charge is 0.341 e. The number of nitrogens with one attached hydrogen (secondary N) is 1. The molecular weight excluding hydrogens is 318 g/mol. The maximum atomic E-state index is 11.6. The number of aromatic nitrogens is 1. The molecule has 0 aromatic carbocycles. The molecule has 2 aromatic heterocycles. The summed E-state index contributed by atoms with van der Waals surface area (Å²) < 4.78 is 10.3. The molecule has 0 bridgehead atoms. The van der Waals surface area contributed by atoms with Gasteiger partial charge in [0.05, 0.1) is 19.3 Å². The Morgan fingerprint density at radius 2 is 2.17 bits per heavy atom. The molecule has 0 radical (unpaired) electrons. The number of carbonyl (C=O) groups excluding carboxylic acids is 2. The lowest BCUT2D eigenvalue weighted by molar-refractivity contribution is -0.114. The molecule has 124 valence electrons. The van der Waals surface area contributed by atoms with Crippen LogP contribution in [0.3, 0.4) is 0 Å². The Hall–Kier alpha value is -2.19. The summed E-state index contributed by atoms with van der Waals surface area (Å²) in [4.78, 5) is 28.9. The van der Waals surface area contributed by atoms with Crippen molar-refractivity contribution in [2.45, 2.75) is 26.9 Å². The fourth-order valence-electron chi connectivity index (χ4n) is 2.12. The maximum Gasteiger partial charge on any atom is 0.341 e. The predicted octanol–water partition coefficient (Wildman–Crippen LogP) is 2.42. The van der Waals surface area contributed by atoms with Gasteiger partial charge in [0, 0.05) is 18.8 Å². The molecular formula is C15H19N3O4S. The molecule has 1 N–H and O–H groups in total. The molecule has 2 aromatic rings. The highest BCUT2D eigenvalue weighted by atomic mass is 32.1. The summed E-state index contributed by atoms with van der Waals surface area (Å²) in [5.74, 6) is 0.685. The summed E-state index contributed by atoms with van der Waals surface area (Å²) in [6.45, 7) is 4.31. The molecule has 0 spiro atoms. The molecule has 8 heteroatoms. The third-order valence-electron chi connectivity index (χ3n) is 3.07. The van der Waals surface area contributed by atoms with Crippen molar-refractivity contribution in [3.05, 3.63) is 34.2 Å². The minimum Gasteiger partial charge on any atom is -0.465 e. The van der Waals surface area contributed by atoms with Crippen LogP contribution in [-0.2, 0) is 22.6 Å². The maximum absolute atomic E-state index is 11.6. The van der Waals surface area contributed by atoms with Gasteiger partial charge in [-0.2, -0.15) is 0 Å². The van der Waals surface area contributed by atoms with Crippen molar-refractivity contribution in [1.82, 2.24) is 9.88 Å². The van der Waals surface area contributed by atoms with Gasteiger partial charge < -0.3 is 14.5 Å². The number of thiazole rings is 1. The van der Waals surface area contributed by atoms with E-state index in [1.54, 1.807) is 13.0 Å². The summed E-state index contributed by atoms with van der Waals surface area (Å²) in [5.41, 5.74) is 1.30. The lowest BCUT2D eigenvalue weighted by Gasteiger charge is -2.13. The molecule has 0 saturated heterocycles. The summed E-state index contributed by atoms with van der Waals surface area (Å²) in [5, 5.41) is 5.14. The van der Waals surface area contributed by atoms with Gasteiger partial charge in [-0.3, -0.25) is 9.69 Å². The van der Waals surface area contributed by atoms with Gasteiger partial charge in [-0.25, -0.2) is 9.78 Å². The second kappa shape index (κ2) is 7.38. The number of amides is 1. The second-order valence-corrected chi connectivity index (χ2v) is 6.03. The fraction of sp³-hybridized carbons (Fsp3) is 0.400. The Bertz CT molecular complexity index is 707. The highest BCUT2D eigenvalue weighted by molar-refractivity contribution is 7.13. The summed E-state index contributed by atoms with van der Waals surface area (Å²) >= 11 is 1.39. The van der Waals surface area contributed by atoms with E-state index in [1.165, 1.54) is 25.4 Å². The first-order valence-electron chi connectivity index (χ1n) is 6.97. The zero-order valence-electron chi connectivity index (χ0n) is 13.5. The van der Waals surface area contributed by atoms with Crippen LogP contribution in [-0.4, -0.2) is 35.9 Å². The molecule has 23 heavy (non-hydrogen) atoms. The van der Waals surface area contributed by atoms with Crippen LogP contribution in [0, 0.1) is 6.92 Å². The molecule has 0 atom stereocenters. The summed E-state index contributed by atoms with van der Waals surface area (Å²) in [6, 6.07) is 1.70. The second-order valence-electron chi connectivity index (χ2n) is 5.17. The van der Waals surface area contributed by atoms with Crippen LogP contribution in [0.1, 0.15) is 34.5 Å². The number of aryl methyl sites for hydroxylation is 1. The Morgan fingerprint density at radius 1 is 1.43 bits per heavy atom. The molecule has 7 nitrogen and oxygen atoms in total. The van der Waals surface area contributed by atoms with Crippen molar-refractivity contribution in [2.75, 3.05) is 19.5 Å². The van der Waals surface area contributed by atoms with Crippen molar-refractivity contribution in [3.8, 4) is 0 Å². The van der Waals surface area contributed by atoms with Crippen molar-refractivity contribution in [3.63, 3.8) is 0 Å². The number of esters is 1. The minimum atomic E-state index is -0.403. The molecule has 2 rings (SSSR count). The molecule has 0 aliphatic carbocycles. The van der Waals surface area contributed by atoms with Crippen molar-refractivity contribution in [2.24, 2.45) is 0 Å². The third kappa shape index (κ3) is 4.64. The number of rotatable bonds is 6. The number of hydrogen-bond donors (Lipinski definition) is 1. The van der Waals surface area contributed by atoms with Gasteiger partial charge in [0.1, 0.15) is 17.1 Å². The molecule has 0 aliphatic heterocycles. The number of methoxy groups -OCH3 is 1. The monoisotopic (exact) mass is 337 g/mol. The van der Waals surface area contributed by atoms with Gasteiger partial charge in [-0.1, -0.05) is 0 Å². The van der Waals surface area contributed by atoms with Crippen LogP contribution >= 0.6 is 11.3 Å². The van der Waals surface area contributed by atoms with Crippen LogP contribution in [0.5, 0.6) is 0 Å². The van der Waals surface area contributed by atoms with E-state index < -0.39 is 5.97 Å². The Labute approximate surface area is 138 Å². The van der Waals surface area contributed by atoms with Gasteiger partial charge in [0.2, 0.25) is 5.91 Å². The van der Waals surface area contributed by atoms with E-state index in [9.17, 15) is 9.59 Å². The number of nitrogens with zero attached hydrogens (tertiary/aromatic N) is 2. The summed E-state index contributed by atoms with van der Waals surface area (Å²) in [6.07, 6.45) is 0. The van der Waals surface area contributed by atoms with Gasteiger partial charge in [-0.15, -0.1) is 11.3 Å². The van der Waals surface area contributed by atoms with Crippen LogP contribution in [0.25, 0.3) is 0 Å². The van der Waals surface area contributed by atoms with Crippen LogP contribution in [0.15, 0.2) is 15.9 Å². The van der Waals surface area contributed by atoms with Crippen LogP contribution < -0.4 is 5.32 Å². The zero-order chi connectivity index (χ0) is 17.0. The first-order chi connectivity index (χ1) is 10.9. The zero-order valence-corrected chi connectivity index (χ0v) is 14.3. The Morgan fingerprint density at radius 3 is 2.83 bits per heavy atom. The quantitative estimate of drug-likeness (QED) is 0.815. The van der Waals surface area contributed by atoms with Crippen molar-refractivity contribution in [1.29, 1.82) is 0 Å². The number of anilines is 1. The van der Waals surface area contributed by atoms with Gasteiger partial charge >= 0.3 is 5.97 Å². The standard InChI is InChI=1S/C15H19N3O4S/c1-9-13(14(20)21-4)5-12(22-9)7-18(3)6-11-8-23-15(17-11)16-10(2)19/h5,8H,6-7H2,1-4H3,(H,16,17,19). The van der Waals surface area contributed by atoms with E-state index in [0.717, 1.165) is 5.69 Å². The van der Waals surface area contributed by atoms with Crippen LogP contribution in [0.2, 0.25) is 0 Å². The van der Waals surface area contributed by atoms with Crippen LogP contribution in [0.4, 0.5) is 5.13 Å². The topological polar surface area (TPSA) is 84.7 Å². The average Bonchev–Trinajstić information content (AvgIpc) is 3.04. The molecule has 0 saturated carbocycles. The third-order valence-corrected chi connectivity index (χ3v) is 3.87. The van der Waals surface area contributed by atoms with E-state index in [4.69, 9.17) is 9.15 Å². The Kier molecular flexibility index (Phi) is 5.51. The first kappa shape index (κ1) is 17.2. The van der Waals surface area contributed by atoms with Gasteiger partial charge in [0.25, 0.3) is 0 Å². The van der Waals surface area contributed by atoms with Crippen molar-refractivity contribution < 1.29 is 18.7 Å². The summed E-state index contributed by atoms with van der Waals surface area (Å²) in [7, 11) is 3.27. The lowest BCUT2D eigenvalue weighted by Crippen LogP contribution is -2.17. The van der Waals surface area contributed by atoms with E-state index in [1.807, 2.05) is 17.3 Å².